The van der Waals surface area contributed by atoms with E-state index >= 15 is 0 Å². The van der Waals surface area contributed by atoms with Crippen LogP contribution in [0.15, 0.2) is 18.2 Å². The summed E-state index contributed by atoms with van der Waals surface area (Å²) >= 11 is 0. The van der Waals surface area contributed by atoms with Gasteiger partial charge in [-0.3, -0.25) is 0 Å². The van der Waals surface area contributed by atoms with E-state index in [4.69, 9.17) is 9.47 Å². The average Bonchev–Trinajstić information content (AvgIpc) is 2.48. The summed E-state index contributed by atoms with van der Waals surface area (Å²) in [5.74, 6) is 1.57. The number of ether oxygens (including phenoxy) is 2. The van der Waals surface area contributed by atoms with E-state index in [1.165, 1.54) is 25.7 Å². The summed E-state index contributed by atoms with van der Waals surface area (Å²) in [4.78, 5) is 0. The Kier molecular flexibility index (Phi) is 8.88. The number of hydrogen-bond acceptors (Lipinski definition) is 3. The van der Waals surface area contributed by atoms with E-state index in [1.54, 1.807) is 0 Å². The highest BCUT2D eigenvalue weighted by Gasteiger charge is 2.05. The van der Waals surface area contributed by atoms with Crippen LogP contribution in [0.1, 0.15) is 57.9 Å². The van der Waals surface area contributed by atoms with Crippen molar-refractivity contribution < 1.29 is 14.6 Å². The summed E-state index contributed by atoms with van der Waals surface area (Å²) in [6.07, 6.45) is 6.85. The van der Waals surface area contributed by atoms with Crippen LogP contribution in [-0.2, 0) is 6.61 Å². The maximum atomic E-state index is 9.34. The number of hydrogen-bond donors (Lipinski definition) is 1. The summed E-state index contributed by atoms with van der Waals surface area (Å²) < 4.78 is 11.5. The van der Waals surface area contributed by atoms with Crippen molar-refractivity contribution in [2.75, 3.05) is 13.2 Å². The van der Waals surface area contributed by atoms with Gasteiger partial charge in [-0.2, -0.15) is 0 Å². The van der Waals surface area contributed by atoms with Crippen LogP contribution in [-0.4, -0.2) is 18.3 Å². The molecular formula is C17H28O3. The predicted molar refractivity (Wildman–Crippen MR) is 82.4 cm³/mol. The van der Waals surface area contributed by atoms with Gasteiger partial charge in [0.2, 0.25) is 0 Å². The van der Waals surface area contributed by atoms with Crippen LogP contribution in [0.4, 0.5) is 0 Å². The molecule has 0 radical (unpaired) electrons. The van der Waals surface area contributed by atoms with Gasteiger partial charge in [0.25, 0.3) is 0 Å². The van der Waals surface area contributed by atoms with E-state index in [2.05, 4.69) is 13.8 Å². The highest BCUT2D eigenvalue weighted by Crippen LogP contribution is 2.25. The SMILES string of the molecule is CCCCCOc1ccc(CO)c(OCCCCC)c1. The molecule has 1 N–H and O–H groups in total. The van der Waals surface area contributed by atoms with Gasteiger partial charge >= 0.3 is 0 Å². The van der Waals surface area contributed by atoms with Crippen LogP contribution in [0.25, 0.3) is 0 Å². The molecule has 0 atom stereocenters. The quantitative estimate of drug-likeness (QED) is 0.614. The highest BCUT2D eigenvalue weighted by molar-refractivity contribution is 5.40. The van der Waals surface area contributed by atoms with Crippen molar-refractivity contribution in [1.82, 2.24) is 0 Å². The van der Waals surface area contributed by atoms with Crippen molar-refractivity contribution in [2.45, 2.75) is 59.0 Å². The van der Waals surface area contributed by atoms with E-state index in [0.29, 0.717) is 6.61 Å². The molecule has 0 amide bonds. The fraction of sp³-hybridized carbons (Fsp3) is 0.647. The molecule has 114 valence electrons. The van der Waals surface area contributed by atoms with Crippen LogP contribution in [0.5, 0.6) is 11.5 Å². The molecule has 0 saturated heterocycles. The van der Waals surface area contributed by atoms with Crippen molar-refractivity contribution in [3.63, 3.8) is 0 Å². The summed E-state index contributed by atoms with van der Waals surface area (Å²) in [6.45, 7) is 5.78. The van der Waals surface area contributed by atoms with Crippen LogP contribution in [0.3, 0.4) is 0 Å². The van der Waals surface area contributed by atoms with E-state index in [-0.39, 0.29) is 6.61 Å². The Morgan fingerprint density at radius 1 is 0.900 bits per heavy atom. The Hall–Kier alpha value is -1.22. The van der Waals surface area contributed by atoms with Gasteiger partial charge in [0.15, 0.2) is 0 Å². The summed E-state index contributed by atoms with van der Waals surface area (Å²) in [5.41, 5.74) is 0.822. The second-order valence-corrected chi connectivity index (χ2v) is 5.04. The molecule has 3 heteroatoms. The monoisotopic (exact) mass is 280 g/mol. The zero-order valence-corrected chi connectivity index (χ0v) is 12.9. The lowest BCUT2D eigenvalue weighted by atomic mass is 10.2. The summed E-state index contributed by atoms with van der Waals surface area (Å²) in [6, 6.07) is 5.67. The third-order valence-corrected chi connectivity index (χ3v) is 3.23. The zero-order valence-electron chi connectivity index (χ0n) is 12.9. The molecule has 1 rings (SSSR count). The second-order valence-electron chi connectivity index (χ2n) is 5.04. The fourth-order valence-corrected chi connectivity index (χ4v) is 1.97. The first-order valence-corrected chi connectivity index (χ1v) is 7.81. The number of aliphatic hydroxyl groups is 1. The van der Waals surface area contributed by atoms with Crippen molar-refractivity contribution in [1.29, 1.82) is 0 Å². The van der Waals surface area contributed by atoms with Crippen molar-refractivity contribution in [3.05, 3.63) is 23.8 Å². The molecule has 0 saturated carbocycles. The van der Waals surface area contributed by atoms with Gasteiger partial charge in [0, 0.05) is 11.6 Å². The Bertz CT molecular complexity index is 363. The lowest BCUT2D eigenvalue weighted by Crippen LogP contribution is -2.02. The third kappa shape index (κ3) is 6.29. The molecule has 20 heavy (non-hydrogen) atoms. The molecule has 3 nitrogen and oxygen atoms in total. The first kappa shape index (κ1) is 16.8. The maximum Gasteiger partial charge on any atom is 0.128 e. The van der Waals surface area contributed by atoms with Gasteiger partial charge in [-0.25, -0.2) is 0 Å². The molecule has 0 aliphatic heterocycles. The highest BCUT2D eigenvalue weighted by atomic mass is 16.5. The average molecular weight is 280 g/mol. The molecule has 0 fully saturated rings. The number of rotatable bonds is 11. The van der Waals surface area contributed by atoms with Crippen LogP contribution in [0, 0.1) is 0 Å². The van der Waals surface area contributed by atoms with Gasteiger partial charge in [0.1, 0.15) is 11.5 Å². The molecule has 0 aromatic heterocycles. The first-order chi connectivity index (χ1) is 9.81. The Labute approximate surface area is 122 Å². The second kappa shape index (κ2) is 10.6. The van der Waals surface area contributed by atoms with Crippen molar-refractivity contribution in [3.8, 4) is 11.5 Å². The molecule has 1 aromatic rings. The lowest BCUT2D eigenvalue weighted by molar-refractivity contribution is 0.257. The van der Waals surface area contributed by atoms with Crippen LogP contribution in [0.2, 0.25) is 0 Å². The predicted octanol–water partition coefficient (Wildman–Crippen LogP) is 4.32. The van der Waals surface area contributed by atoms with Crippen LogP contribution < -0.4 is 9.47 Å². The number of benzene rings is 1. The lowest BCUT2D eigenvalue weighted by Gasteiger charge is -2.12. The minimum atomic E-state index is -0.000768. The Morgan fingerprint density at radius 2 is 1.55 bits per heavy atom. The smallest absolute Gasteiger partial charge is 0.128 e. The minimum absolute atomic E-state index is 0.000768. The molecule has 0 aliphatic carbocycles. The first-order valence-electron chi connectivity index (χ1n) is 7.81. The van der Waals surface area contributed by atoms with Gasteiger partial charge in [-0.05, 0) is 25.0 Å². The van der Waals surface area contributed by atoms with Gasteiger partial charge in [0.05, 0.1) is 19.8 Å². The summed E-state index contributed by atoms with van der Waals surface area (Å²) in [7, 11) is 0. The minimum Gasteiger partial charge on any atom is -0.493 e. The van der Waals surface area contributed by atoms with E-state index in [0.717, 1.165) is 36.5 Å². The number of aliphatic hydroxyl groups excluding tert-OH is 1. The molecule has 0 aliphatic rings. The normalized spacial score (nSPS) is 10.6. The topological polar surface area (TPSA) is 38.7 Å². The van der Waals surface area contributed by atoms with E-state index in [1.807, 2.05) is 18.2 Å². The standard InChI is InChI=1S/C17H28O3/c1-3-5-7-11-19-16-10-9-15(14-18)17(13-16)20-12-8-6-4-2/h9-10,13,18H,3-8,11-12,14H2,1-2H3. The largest absolute Gasteiger partial charge is 0.493 e. The summed E-state index contributed by atoms with van der Waals surface area (Å²) in [5, 5.41) is 9.34. The van der Waals surface area contributed by atoms with Crippen molar-refractivity contribution >= 4 is 0 Å². The molecule has 0 spiro atoms. The molecule has 1 aromatic carbocycles. The van der Waals surface area contributed by atoms with Crippen molar-refractivity contribution in [2.24, 2.45) is 0 Å². The Morgan fingerprint density at radius 3 is 2.15 bits per heavy atom. The third-order valence-electron chi connectivity index (χ3n) is 3.23. The molecule has 0 bridgehead atoms. The molecule has 0 heterocycles. The van der Waals surface area contributed by atoms with Gasteiger partial charge < -0.3 is 14.6 Å². The van der Waals surface area contributed by atoms with E-state index < -0.39 is 0 Å². The van der Waals surface area contributed by atoms with Gasteiger partial charge in [-0.1, -0.05) is 39.5 Å². The Balaban J connectivity index is 2.51. The maximum absolute atomic E-state index is 9.34. The molecule has 0 unspecified atom stereocenters. The van der Waals surface area contributed by atoms with Gasteiger partial charge in [-0.15, -0.1) is 0 Å². The molecular weight excluding hydrogens is 252 g/mol. The number of unbranched alkanes of at least 4 members (excludes halogenated alkanes) is 4. The van der Waals surface area contributed by atoms with E-state index in [9.17, 15) is 5.11 Å². The zero-order chi connectivity index (χ0) is 14.6. The van der Waals surface area contributed by atoms with Crippen LogP contribution >= 0.6 is 0 Å². The fourth-order valence-electron chi connectivity index (χ4n) is 1.97.